The smallest absolute Gasteiger partial charge is 0.258 e. The number of nitrogens with zero attached hydrogens (tertiary/aromatic N) is 8. The molecule has 0 aliphatic rings. The molecule has 0 bridgehead atoms. The van der Waals surface area contributed by atoms with Gasteiger partial charge in [0.1, 0.15) is 5.11 Å². The van der Waals surface area contributed by atoms with E-state index in [1.165, 1.54) is 66.7 Å². The van der Waals surface area contributed by atoms with Crippen LogP contribution in [0.3, 0.4) is 0 Å². The maximum absolute atomic E-state index is 12.5. The Morgan fingerprint density at radius 1 is 0.680 bits per heavy atom. The normalized spacial score (nSPS) is 11.8. The molecule has 0 saturated heterocycles. The highest BCUT2D eigenvalue weighted by Crippen LogP contribution is 2.32. The minimum atomic E-state index is -4.44. The van der Waals surface area contributed by atoms with Crippen LogP contribution in [0.2, 0.25) is 0 Å². The van der Waals surface area contributed by atoms with Crippen molar-refractivity contribution >= 4 is 39.7 Å². The van der Waals surface area contributed by atoms with Gasteiger partial charge in [0.05, 0.1) is 31.3 Å². The largest absolute Gasteiger partial charge is 0.441 e. The van der Waals surface area contributed by atoms with Crippen molar-refractivity contribution in [1.29, 1.82) is 0 Å². The highest BCUT2D eigenvalue weighted by atomic mass is 35.5. The van der Waals surface area contributed by atoms with Crippen molar-refractivity contribution in [3.8, 4) is 22.8 Å². The molecule has 0 aliphatic carbocycles. The van der Waals surface area contributed by atoms with Gasteiger partial charge in [-0.1, -0.05) is 54.1 Å². The van der Waals surface area contributed by atoms with E-state index in [1.54, 1.807) is 6.07 Å². The van der Waals surface area contributed by atoms with Gasteiger partial charge in [-0.3, -0.25) is 20.2 Å². The molecule has 4 aromatic carbocycles. The minimum Gasteiger partial charge on any atom is -0.258 e. The van der Waals surface area contributed by atoms with Crippen molar-refractivity contribution in [1.82, 2.24) is 20.4 Å². The fourth-order valence-corrected chi connectivity index (χ4v) is 4.18. The van der Waals surface area contributed by atoms with E-state index in [-0.39, 0.29) is 33.8 Å². The van der Waals surface area contributed by atoms with Gasteiger partial charge in [0.15, 0.2) is 0 Å². The quantitative estimate of drug-likeness (QED) is 0.0234. The van der Waals surface area contributed by atoms with E-state index in [0.29, 0.717) is 16.7 Å². The summed E-state index contributed by atoms with van der Waals surface area (Å²) >= 11 is 11.9. The van der Waals surface area contributed by atoms with Crippen molar-refractivity contribution in [2.75, 3.05) is 0 Å². The summed E-state index contributed by atoms with van der Waals surface area (Å²) in [6.45, 7) is 0. The first-order valence-electron chi connectivity index (χ1n) is 13.5. The molecule has 12 nitrogen and oxygen atoms in total. The zero-order valence-electron chi connectivity index (χ0n) is 24.5. The third kappa shape index (κ3) is 9.85. The molecule has 0 amide bonds. The van der Waals surface area contributed by atoms with Crippen molar-refractivity contribution in [3.05, 3.63) is 140 Å². The van der Waals surface area contributed by atoms with Gasteiger partial charge in [-0.2, -0.15) is 26.3 Å². The van der Waals surface area contributed by atoms with Crippen LogP contribution < -0.4 is 0 Å². The van der Waals surface area contributed by atoms with Crippen LogP contribution in [-0.4, -0.2) is 40.2 Å². The zero-order valence-corrected chi connectivity index (χ0v) is 26.1. The molecular weight excluding hydrogens is 721 g/mol. The number of alkyl halides is 7. The molecule has 1 unspecified atom stereocenters. The lowest BCUT2D eigenvalue weighted by Gasteiger charge is -2.06. The Labute approximate surface area is 286 Å². The second-order valence-electron chi connectivity index (χ2n) is 9.70. The maximum atomic E-state index is 12.5. The van der Waals surface area contributed by atoms with E-state index in [9.17, 15) is 46.6 Å². The van der Waals surface area contributed by atoms with Crippen molar-refractivity contribution in [2.24, 2.45) is 5.11 Å². The summed E-state index contributed by atoms with van der Waals surface area (Å²) in [4.78, 5) is 24.0. The average molecular weight is 738 g/mol. The molecule has 0 fully saturated rings. The third-order valence-corrected chi connectivity index (χ3v) is 6.95. The van der Waals surface area contributed by atoms with Crippen molar-refractivity contribution < 1.29 is 41.0 Å². The summed E-state index contributed by atoms with van der Waals surface area (Å²) < 4.78 is 75.2. The number of non-ortho nitro benzene ring substituents is 2. The highest BCUT2D eigenvalue weighted by molar-refractivity contribution is 6.67. The predicted molar refractivity (Wildman–Crippen MR) is 166 cm³/mol. The standard InChI is InChI=1S/C15H9Cl2F3N3O2.C15H8F3N5O2/c16-13(9-4-6-11(7-5-9)15(18,19)20)21-22-14(17)10-2-1-3-12(8-10)23(24)25;16-15(17,18)11-6-4-9(5-7-11)13-19-21-14(22-20-13)10-2-1-3-12(8-10)23(24)25/h1-8,13H;1-8H/q+1;. The van der Waals surface area contributed by atoms with E-state index in [4.69, 9.17) is 23.2 Å². The first-order valence-corrected chi connectivity index (χ1v) is 14.3. The monoisotopic (exact) mass is 737 g/mol. The second-order valence-corrected chi connectivity index (χ2v) is 10.5. The molecule has 50 heavy (non-hydrogen) atoms. The lowest BCUT2D eigenvalue weighted by Crippen LogP contribution is -2.04. The van der Waals surface area contributed by atoms with Gasteiger partial charge in [-0.15, -0.1) is 20.4 Å². The molecule has 5 aromatic rings. The summed E-state index contributed by atoms with van der Waals surface area (Å²) in [5.41, 5.74) is -1.73. The van der Waals surface area contributed by atoms with Crippen LogP contribution in [0.5, 0.6) is 0 Å². The number of hydrogen-bond acceptors (Lipinski definition) is 9. The van der Waals surface area contributed by atoms with Crippen LogP contribution in [0.4, 0.5) is 37.7 Å². The molecule has 0 N–H and O–H groups in total. The molecule has 5 rings (SSSR count). The number of hydrogen-bond donors (Lipinski definition) is 0. The Balaban J connectivity index is 0.000000225. The topological polar surface area (TPSA) is 164 Å². The number of nitro benzene ring substituents is 2. The Bertz CT molecular complexity index is 2060. The van der Waals surface area contributed by atoms with E-state index >= 15 is 0 Å². The molecule has 0 radical (unpaired) electrons. The van der Waals surface area contributed by atoms with E-state index < -0.39 is 38.8 Å². The molecule has 1 heterocycles. The van der Waals surface area contributed by atoms with E-state index in [0.717, 1.165) is 24.3 Å². The van der Waals surface area contributed by atoms with E-state index in [1.807, 2.05) is 0 Å². The van der Waals surface area contributed by atoms with Crippen molar-refractivity contribution in [3.63, 3.8) is 0 Å². The van der Waals surface area contributed by atoms with Crippen LogP contribution in [0.25, 0.3) is 22.8 Å². The second kappa shape index (κ2) is 15.6. The first kappa shape index (κ1) is 37.0. The summed E-state index contributed by atoms with van der Waals surface area (Å²) in [5.74, 6) is 0.113. The summed E-state index contributed by atoms with van der Waals surface area (Å²) in [6.07, 6.45) is -8.87. The van der Waals surface area contributed by atoms with Crippen LogP contribution >= 0.6 is 23.2 Å². The molecular formula is C30H17Cl2F6N8O4+. The van der Waals surface area contributed by atoms with Gasteiger partial charge in [-0.25, -0.2) is 0 Å². The van der Waals surface area contributed by atoms with Crippen molar-refractivity contribution in [2.45, 2.75) is 17.9 Å². The summed E-state index contributed by atoms with van der Waals surface area (Å²) in [6, 6.07) is 19.4. The highest BCUT2D eigenvalue weighted by Gasteiger charge is 2.31. The predicted octanol–water partition coefficient (Wildman–Crippen LogP) is 8.72. The molecule has 1 aromatic heterocycles. The molecule has 0 aliphatic heterocycles. The van der Waals surface area contributed by atoms with Gasteiger partial charge in [0, 0.05) is 47.0 Å². The summed E-state index contributed by atoms with van der Waals surface area (Å²) in [7, 11) is 0. The Kier molecular flexibility index (Phi) is 11.5. The molecule has 256 valence electrons. The van der Waals surface area contributed by atoms with Gasteiger partial charge in [0.2, 0.25) is 17.1 Å². The number of benzene rings is 4. The third-order valence-electron chi connectivity index (χ3n) is 6.32. The maximum Gasteiger partial charge on any atom is 0.441 e. The lowest BCUT2D eigenvalue weighted by atomic mass is 10.1. The number of nitro groups is 2. The molecule has 0 saturated carbocycles. The van der Waals surface area contributed by atoms with E-state index in [2.05, 4.69) is 30.3 Å². The Hall–Kier alpha value is -5.84. The fourth-order valence-electron chi connectivity index (χ4n) is 3.83. The van der Waals surface area contributed by atoms with Gasteiger partial charge in [-0.05, 0) is 35.9 Å². The minimum absolute atomic E-state index is 0.0444. The average Bonchev–Trinajstić information content (AvgIpc) is 3.10. The number of rotatable bonds is 7. The number of halogens is 8. The first-order chi connectivity index (χ1) is 23.5. The summed E-state index contributed by atoms with van der Waals surface area (Å²) in [5, 5.41) is 40.4. The molecule has 20 heteroatoms. The SMILES string of the molecule is O=[N+]([O-])c1cccc(-c2nnc(-c3ccc(C(F)(F)F)cc3)nn2)c1.O=[N+]([O-])c1cccc(C(Cl)=[N+]=NC(Cl)c2ccc(C(F)(F)F)cc2)c1. The van der Waals surface area contributed by atoms with Gasteiger partial charge >= 0.3 is 17.5 Å². The van der Waals surface area contributed by atoms with Crippen LogP contribution in [0.1, 0.15) is 27.8 Å². The van der Waals surface area contributed by atoms with Crippen LogP contribution in [-0.2, 0) is 12.4 Å². The lowest BCUT2D eigenvalue weighted by molar-refractivity contribution is -0.385. The van der Waals surface area contributed by atoms with Crippen LogP contribution in [0.15, 0.2) is 102 Å². The fraction of sp³-hybridized carbons (Fsp3) is 0.100. The number of aromatic nitrogens is 4. The van der Waals surface area contributed by atoms with Gasteiger partial charge in [0.25, 0.3) is 11.4 Å². The van der Waals surface area contributed by atoms with Crippen LogP contribution in [0, 0.1) is 20.2 Å². The van der Waals surface area contributed by atoms with Gasteiger partial charge < -0.3 is 0 Å². The molecule has 1 atom stereocenters. The Morgan fingerprint density at radius 2 is 1.14 bits per heavy atom. The zero-order chi connectivity index (χ0) is 36.6. The Morgan fingerprint density at radius 3 is 1.64 bits per heavy atom. The molecule has 0 spiro atoms.